The number of nitro benzene ring substituents is 1. The van der Waals surface area contributed by atoms with Gasteiger partial charge in [-0.2, -0.15) is 0 Å². The Balaban J connectivity index is 1.49. The number of benzene rings is 3. The molecule has 3 aromatic carbocycles. The summed E-state index contributed by atoms with van der Waals surface area (Å²) in [5.74, 6) is -0.632. The monoisotopic (exact) mass is 418 g/mol. The molecule has 0 aliphatic rings. The van der Waals surface area contributed by atoms with Crippen molar-refractivity contribution < 1.29 is 14.5 Å². The molecule has 0 saturated carbocycles. The minimum absolute atomic E-state index is 0.0865. The van der Waals surface area contributed by atoms with Crippen molar-refractivity contribution in [3.05, 3.63) is 94.0 Å². The third kappa shape index (κ3) is 4.15. The lowest BCUT2D eigenvalue weighted by Gasteiger charge is -2.04. The van der Waals surface area contributed by atoms with Crippen LogP contribution in [0.2, 0.25) is 0 Å². The Bertz CT molecular complexity index is 1250. The summed E-state index contributed by atoms with van der Waals surface area (Å²) in [5.41, 5.74) is 2.05. The molecule has 148 valence electrons. The van der Waals surface area contributed by atoms with Gasteiger partial charge in [0.1, 0.15) is 0 Å². The van der Waals surface area contributed by atoms with Gasteiger partial charge in [0.2, 0.25) is 0 Å². The number of non-ortho nitro benzene ring substituents is 1. The number of rotatable bonds is 5. The van der Waals surface area contributed by atoms with Crippen molar-refractivity contribution in [1.82, 2.24) is 4.98 Å². The maximum atomic E-state index is 12.4. The normalized spacial score (nSPS) is 10.5. The van der Waals surface area contributed by atoms with Crippen molar-refractivity contribution in [3.8, 4) is 0 Å². The van der Waals surface area contributed by atoms with Gasteiger partial charge in [0.05, 0.1) is 15.1 Å². The molecule has 0 saturated heterocycles. The van der Waals surface area contributed by atoms with Crippen molar-refractivity contribution in [2.24, 2.45) is 0 Å². The number of anilines is 2. The predicted molar refractivity (Wildman–Crippen MR) is 115 cm³/mol. The molecule has 1 aromatic heterocycles. The van der Waals surface area contributed by atoms with Gasteiger partial charge in [-0.05, 0) is 42.5 Å². The molecule has 0 bridgehead atoms. The summed E-state index contributed by atoms with van der Waals surface area (Å²) in [6.45, 7) is 0. The van der Waals surface area contributed by atoms with Crippen LogP contribution in [0.25, 0.3) is 10.2 Å². The van der Waals surface area contributed by atoms with Gasteiger partial charge in [0.15, 0.2) is 5.13 Å². The molecule has 0 aliphatic carbocycles. The summed E-state index contributed by atoms with van der Waals surface area (Å²) in [5, 5.41) is 16.6. The Labute approximate surface area is 174 Å². The van der Waals surface area contributed by atoms with Crippen LogP contribution in [0.1, 0.15) is 20.7 Å². The average Bonchev–Trinajstić information content (AvgIpc) is 3.15. The highest BCUT2D eigenvalue weighted by Crippen LogP contribution is 2.29. The van der Waals surface area contributed by atoms with Crippen molar-refractivity contribution in [3.63, 3.8) is 0 Å². The number of hydrogen-bond acceptors (Lipinski definition) is 6. The molecule has 1 heterocycles. The molecule has 0 unspecified atom stereocenters. The first-order valence-corrected chi connectivity index (χ1v) is 9.64. The fourth-order valence-corrected chi connectivity index (χ4v) is 3.65. The Kier molecular flexibility index (Phi) is 5.19. The van der Waals surface area contributed by atoms with Gasteiger partial charge in [0.25, 0.3) is 17.5 Å². The zero-order valence-electron chi connectivity index (χ0n) is 15.4. The Morgan fingerprint density at radius 1 is 0.867 bits per heavy atom. The summed E-state index contributed by atoms with van der Waals surface area (Å²) in [7, 11) is 0. The second-order valence-corrected chi connectivity index (χ2v) is 7.31. The van der Waals surface area contributed by atoms with Crippen LogP contribution in [0.4, 0.5) is 16.5 Å². The van der Waals surface area contributed by atoms with E-state index in [1.165, 1.54) is 35.6 Å². The fourth-order valence-electron chi connectivity index (χ4n) is 2.75. The molecule has 0 radical (unpaired) electrons. The molecule has 4 aromatic rings. The highest BCUT2D eigenvalue weighted by molar-refractivity contribution is 7.22. The van der Waals surface area contributed by atoms with E-state index in [1.54, 1.807) is 42.5 Å². The van der Waals surface area contributed by atoms with Gasteiger partial charge in [-0.25, -0.2) is 4.98 Å². The number of thiazole rings is 1. The number of aromatic nitrogens is 1. The maximum Gasteiger partial charge on any atom is 0.269 e. The second-order valence-electron chi connectivity index (χ2n) is 6.28. The third-order valence-electron chi connectivity index (χ3n) is 4.24. The summed E-state index contributed by atoms with van der Waals surface area (Å²) in [6.07, 6.45) is 0. The van der Waals surface area contributed by atoms with E-state index in [0.29, 0.717) is 21.9 Å². The number of nitrogens with zero attached hydrogens (tertiary/aromatic N) is 2. The number of fused-ring (bicyclic) bond motifs is 1. The molecule has 2 amide bonds. The van der Waals surface area contributed by atoms with E-state index in [-0.39, 0.29) is 17.2 Å². The summed E-state index contributed by atoms with van der Waals surface area (Å²) >= 11 is 1.26. The van der Waals surface area contributed by atoms with Gasteiger partial charge in [-0.1, -0.05) is 29.5 Å². The van der Waals surface area contributed by atoms with Crippen LogP contribution in [0, 0.1) is 10.1 Å². The molecule has 0 aliphatic heterocycles. The first-order valence-electron chi connectivity index (χ1n) is 8.82. The maximum absolute atomic E-state index is 12.4. The molecule has 0 spiro atoms. The molecule has 2 N–H and O–H groups in total. The van der Waals surface area contributed by atoms with Crippen LogP contribution in [0.5, 0.6) is 0 Å². The molecule has 30 heavy (non-hydrogen) atoms. The predicted octanol–water partition coefficient (Wildman–Crippen LogP) is 4.71. The largest absolute Gasteiger partial charge is 0.322 e. The molecule has 4 rings (SSSR count). The van der Waals surface area contributed by atoms with Crippen LogP contribution in [0.3, 0.4) is 0 Å². The number of carbonyl (C=O) groups excluding carboxylic acids is 2. The van der Waals surface area contributed by atoms with E-state index in [1.807, 2.05) is 6.07 Å². The van der Waals surface area contributed by atoms with E-state index in [4.69, 9.17) is 0 Å². The second kappa shape index (κ2) is 8.10. The lowest BCUT2D eigenvalue weighted by atomic mass is 10.2. The molecule has 8 nitrogen and oxygen atoms in total. The Hall–Kier alpha value is -4.11. The summed E-state index contributed by atoms with van der Waals surface area (Å²) < 4.78 is 0.792. The van der Waals surface area contributed by atoms with Crippen LogP contribution in [-0.2, 0) is 0 Å². The quantitative estimate of drug-likeness (QED) is 0.360. The Morgan fingerprint density at radius 3 is 2.23 bits per heavy atom. The van der Waals surface area contributed by atoms with Gasteiger partial charge in [-0.15, -0.1) is 0 Å². The number of nitro groups is 1. The Morgan fingerprint density at radius 2 is 1.53 bits per heavy atom. The lowest BCUT2D eigenvalue weighted by Crippen LogP contribution is -2.11. The summed E-state index contributed by atoms with van der Waals surface area (Å²) in [4.78, 5) is 39.2. The third-order valence-corrected chi connectivity index (χ3v) is 5.18. The number of nitrogens with one attached hydrogen (secondary N) is 2. The fraction of sp³-hybridized carbons (Fsp3) is 0. The van der Waals surface area contributed by atoms with Gasteiger partial charge >= 0.3 is 0 Å². The number of amides is 2. The number of carbonyl (C=O) groups is 2. The van der Waals surface area contributed by atoms with Crippen LogP contribution >= 0.6 is 11.3 Å². The highest BCUT2D eigenvalue weighted by atomic mass is 32.1. The lowest BCUT2D eigenvalue weighted by molar-refractivity contribution is -0.384. The first-order chi connectivity index (χ1) is 14.5. The van der Waals surface area contributed by atoms with Crippen molar-refractivity contribution in [1.29, 1.82) is 0 Å². The van der Waals surface area contributed by atoms with Crippen molar-refractivity contribution >= 4 is 49.9 Å². The molecule has 0 fully saturated rings. The highest BCUT2D eigenvalue weighted by Gasteiger charge is 2.13. The smallest absolute Gasteiger partial charge is 0.269 e. The van der Waals surface area contributed by atoms with E-state index in [2.05, 4.69) is 15.6 Å². The van der Waals surface area contributed by atoms with Gasteiger partial charge in [-0.3, -0.25) is 25.0 Å². The van der Waals surface area contributed by atoms with Crippen molar-refractivity contribution in [2.75, 3.05) is 10.6 Å². The molecule has 0 atom stereocenters. The zero-order chi connectivity index (χ0) is 21.1. The zero-order valence-corrected chi connectivity index (χ0v) is 16.2. The van der Waals surface area contributed by atoms with Gasteiger partial charge < -0.3 is 5.32 Å². The molecular weight excluding hydrogens is 404 g/mol. The minimum atomic E-state index is -0.524. The minimum Gasteiger partial charge on any atom is -0.322 e. The van der Waals surface area contributed by atoms with Crippen molar-refractivity contribution in [2.45, 2.75) is 0 Å². The van der Waals surface area contributed by atoms with Crippen LogP contribution in [0.15, 0.2) is 72.8 Å². The van der Waals surface area contributed by atoms with E-state index in [0.717, 1.165) is 4.70 Å². The van der Waals surface area contributed by atoms with E-state index >= 15 is 0 Å². The summed E-state index contributed by atoms with van der Waals surface area (Å²) in [6, 6.07) is 19.5. The number of hydrogen-bond donors (Lipinski definition) is 2. The average molecular weight is 418 g/mol. The first kappa shape index (κ1) is 19.2. The molecule has 9 heteroatoms. The topological polar surface area (TPSA) is 114 Å². The SMILES string of the molecule is O=C(Nc1ccc2nc(NC(=O)c3ccc([N+](=O)[O-])cc3)sc2c1)c1ccccc1. The molecular formula is C21H14N4O4S. The van der Waals surface area contributed by atoms with Crippen LogP contribution in [-0.4, -0.2) is 21.7 Å². The van der Waals surface area contributed by atoms with Gasteiger partial charge in [0, 0.05) is 28.9 Å². The van der Waals surface area contributed by atoms with E-state index < -0.39 is 10.8 Å². The standard InChI is InChI=1S/C21H14N4O4S/c26-19(13-4-2-1-3-5-13)22-15-8-11-17-18(12-15)30-21(23-17)24-20(27)14-6-9-16(10-7-14)25(28)29/h1-12H,(H,22,26)(H,23,24,27). The van der Waals surface area contributed by atoms with Crippen LogP contribution < -0.4 is 10.6 Å². The van der Waals surface area contributed by atoms with E-state index in [9.17, 15) is 19.7 Å².